The van der Waals surface area contributed by atoms with Crippen LogP contribution in [0.1, 0.15) is 85.4 Å². The Kier molecular flexibility index (Phi) is 15.1. The van der Waals surface area contributed by atoms with Crippen LogP contribution in [0.5, 0.6) is 0 Å². The van der Waals surface area contributed by atoms with Crippen LogP contribution in [0.25, 0.3) is 77.3 Å². The molecule has 0 aliphatic carbocycles. The molecule has 0 radical (unpaired) electrons. The minimum Gasteiger partial charge on any atom is -0.402 e. The maximum Gasteiger partial charge on any atom is 0.0471 e. The van der Waals surface area contributed by atoms with Gasteiger partial charge in [-0.1, -0.05) is 190 Å². The second kappa shape index (κ2) is 21.5. The van der Waals surface area contributed by atoms with Crippen molar-refractivity contribution in [1.82, 2.24) is 4.98 Å². The smallest absolute Gasteiger partial charge is 0.0471 e. The maximum atomic E-state index is 5.89. The summed E-state index contributed by atoms with van der Waals surface area (Å²) in [5, 5.41) is 4.92. The molecule has 1 heterocycles. The number of hydrogen-bond acceptors (Lipinski definition) is 1. The first-order chi connectivity index (χ1) is 31.2. The normalized spacial score (nSPS) is 13.8. The van der Waals surface area contributed by atoms with E-state index in [4.69, 9.17) is 5.73 Å². The zero-order valence-electron chi connectivity index (χ0n) is 38.9. The van der Waals surface area contributed by atoms with Crippen LogP contribution >= 0.6 is 0 Å². The number of rotatable bonds is 16. The number of benzene rings is 6. The summed E-state index contributed by atoms with van der Waals surface area (Å²) in [6.07, 6.45) is 24.0. The fraction of sp³-hybridized carbons (Fsp3) is 0.194. The van der Waals surface area contributed by atoms with E-state index >= 15 is 0 Å². The standard InChI is InChI=1S/C62H64N2/c1-8-43(3)39-52(32-16-12-10-11-15-27-47(7)63)61-53-35-21-22-36-54(53)62(60-38-37-59(64-60)46(6)26-23-25-45(5)44(4)9-2)58-42-56(55(41-57(58)61)49-30-19-14-20-31-49)51-34-24-33-50(40-51)48-28-17-13-18-29-48/h11,13-43,64H,8-10,12,63H2,1-7H3/b15-11-,25-23-,32-16-,45-44+,46-26+,47-27-,52-39+. The zero-order chi connectivity index (χ0) is 45.0. The number of unbranched alkanes of at least 4 members (excludes halogenated alkanes) is 1. The van der Waals surface area contributed by atoms with Gasteiger partial charge in [-0.3, -0.25) is 0 Å². The van der Waals surface area contributed by atoms with Crippen LogP contribution in [-0.4, -0.2) is 4.98 Å². The van der Waals surface area contributed by atoms with Gasteiger partial charge >= 0.3 is 0 Å². The van der Waals surface area contributed by atoms with Crippen molar-refractivity contribution in [2.45, 2.75) is 74.1 Å². The molecule has 0 spiro atoms. The van der Waals surface area contributed by atoms with Crippen LogP contribution in [0, 0.1) is 5.92 Å². The van der Waals surface area contributed by atoms with Gasteiger partial charge in [-0.2, -0.15) is 0 Å². The highest BCUT2D eigenvalue weighted by atomic mass is 14.7. The van der Waals surface area contributed by atoms with Gasteiger partial charge in [0, 0.05) is 22.6 Å². The summed E-state index contributed by atoms with van der Waals surface area (Å²) in [6, 6.07) is 49.2. The number of nitrogens with one attached hydrogen (secondary N) is 1. The molecule has 0 aliphatic rings. The average molecular weight is 837 g/mol. The molecular formula is C62H64N2. The van der Waals surface area contributed by atoms with E-state index in [1.165, 1.54) is 88.3 Å². The molecule has 1 unspecified atom stereocenters. The number of fused-ring (bicyclic) bond motifs is 2. The molecule has 1 atom stereocenters. The van der Waals surface area contributed by atoms with Crippen molar-refractivity contribution >= 4 is 32.7 Å². The molecule has 0 amide bonds. The Labute approximate surface area is 382 Å². The second-order valence-electron chi connectivity index (χ2n) is 17.2. The average Bonchev–Trinajstić information content (AvgIpc) is 3.82. The molecule has 3 N–H and O–H groups in total. The van der Waals surface area contributed by atoms with Gasteiger partial charge in [-0.15, -0.1) is 0 Å². The highest BCUT2D eigenvalue weighted by Gasteiger charge is 2.22. The van der Waals surface area contributed by atoms with E-state index < -0.39 is 0 Å². The Hall–Kier alpha value is -6.90. The van der Waals surface area contributed by atoms with Crippen LogP contribution in [0.4, 0.5) is 0 Å². The molecule has 0 saturated carbocycles. The van der Waals surface area contributed by atoms with Crippen LogP contribution in [0.3, 0.4) is 0 Å². The van der Waals surface area contributed by atoms with Gasteiger partial charge in [0.1, 0.15) is 0 Å². The largest absolute Gasteiger partial charge is 0.402 e. The summed E-state index contributed by atoms with van der Waals surface area (Å²) in [7, 11) is 0. The maximum absolute atomic E-state index is 5.89. The molecule has 0 saturated heterocycles. The first-order valence-electron chi connectivity index (χ1n) is 23.1. The van der Waals surface area contributed by atoms with Crippen molar-refractivity contribution in [3.8, 4) is 44.6 Å². The topological polar surface area (TPSA) is 41.8 Å². The van der Waals surface area contributed by atoms with Gasteiger partial charge in [0.2, 0.25) is 0 Å². The highest BCUT2D eigenvalue weighted by molar-refractivity contribution is 6.21. The molecule has 7 aromatic rings. The Balaban J connectivity index is 1.53. The number of allylic oxidation sites excluding steroid dienone is 14. The lowest BCUT2D eigenvalue weighted by Crippen LogP contribution is -1.97. The van der Waals surface area contributed by atoms with Crippen molar-refractivity contribution in [2.24, 2.45) is 11.7 Å². The number of H-pyrrole nitrogens is 1. The molecular weight excluding hydrogens is 773 g/mol. The van der Waals surface area contributed by atoms with Crippen molar-refractivity contribution in [1.29, 1.82) is 0 Å². The van der Waals surface area contributed by atoms with Gasteiger partial charge in [0.05, 0.1) is 0 Å². The van der Waals surface area contributed by atoms with E-state index in [1.807, 2.05) is 13.0 Å². The van der Waals surface area contributed by atoms with Crippen molar-refractivity contribution in [3.63, 3.8) is 0 Å². The lowest BCUT2D eigenvalue weighted by Gasteiger charge is -2.21. The van der Waals surface area contributed by atoms with E-state index in [0.29, 0.717) is 5.92 Å². The third kappa shape index (κ3) is 10.6. The zero-order valence-corrected chi connectivity index (χ0v) is 38.9. The van der Waals surface area contributed by atoms with Gasteiger partial charge < -0.3 is 10.7 Å². The predicted molar refractivity (Wildman–Crippen MR) is 282 cm³/mol. The molecule has 2 nitrogen and oxygen atoms in total. The summed E-state index contributed by atoms with van der Waals surface area (Å²) in [5.74, 6) is 0.388. The molecule has 6 aromatic carbocycles. The lowest BCUT2D eigenvalue weighted by molar-refractivity contribution is 0.700. The number of aromatic amines is 1. The van der Waals surface area contributed by atoms with E-state index in [-0.39, 0.29) is 0 Å². The van der Waals surface area contributed by atoms with Crippen LogP contribution in [0.15, 0.2) is 205 Å². The molecule has 64 heavy (non-hydrogen) atoms. The van der Waals surface area contributed by atoms with E-state index in [1.54, 1.807) is 0 Å². The number of nitrogens with two attached hydrogens (primary N) is 1. The summed E-state index contributed by atoms with van der Waals surface area (Å²) in [4.78, 5) is 3.92. The number of hydrogen-bond donors (Lipinski definition) is 2. The minimum atomic E-state index is 0.388. The molecule has 7 rings (SSSR count). The molecule has 0 aliphatic heterocycles. The third-order valence-corrected chi connectivity index (χ3v) is 12.5. The Bertz CT molecular complexity index is 2940. The summed E-state index contributed by atoms with van der Waals surface area (Å²) in [5.41, 5.74) is 23.8. The Morgan fingerprint density at radius 3 is 1.95 bits per heavy atom. The number of aromatic nitrogens is 1. The van der Waals surface area contributed by atoms with Crippen LogP contribution in [-0.2, 0) is 0 Å². The van der Waals surface area contributed by atoms with Crippen molar-refractivity contribution < 1.29 is 0 Å². The van der Waals surface area contributed by atoms with E-state index in [9.17, 15) is 0 Å². The monoisotopic (exact) mass is 837 g/mol. The van der Waals surface area contributed by atoms with Gasteiger partial charge in [-0.05, 0) is 161 Å². The molecule has 2 heteroatoms. The van der Waals surface area contributed by atoms with Gasteiger partial charge in [0.15, 0.2) is 0 Å². The molecule has 0 fully saturated rings. The fourth-order valence-electron chi connectivity index (χ4n) is 8.40. The SMILES string of the molecule is CC/C(C)=C(C)/C=C\C=C(/C)c1ccc(-c2c3ccccc3c(C(/C=C\CC/C=C\C=C(\C)N)=C/C(C)CC)c3cc(-c4ccccc4)c(-c4cccc(-c5ccccc5)c4)cc23)[nH]1. The van der Waals surface area contributed by atoms with Crippen LogP contribution < -0.4 is 5.73 Å². The molecule has 322 valence electrons. The molecule has 1 aromatic heterocycles. The highest BCUT2D eigenvalue weighted by Crippen LogP contribution is 2.47. The Morgan fingerprint density at radius 1 is 0.594 bits per heavy atom. The summed E-state index contributed by atoms with van der Waals surface area (Å²) < 4.78 is 0. The van der Waals surface area contributed by atoms with Crippen molar-refractivity contribution in [2.75, 3.05) is 0 Å². The quantitative estimate of drug-likeness (QED) is 0.0568. The predicted octanol–water partition coefficient (Wildman–Crippen LogP) is 17.9. The van der Waals surface area contributed by atoms with Crippen LogP contribution in [0.2, 0.25) is 0 Å². The van der Waals surface area contributed by atoms with E-state index in [0.717, 1.165) is 42.8 Å². The third-order valence-electron chi connectivity index (χ3n) is 12.5. The first kappa shape index (κ1) is 45.1. The fourth-order valence-corrected chi connectivity index (χ4v) is 8.40. The van der Waals surface area contributed by atoms with Gasteiger partial charge in [-0.25, -0.2) is 0 Å². The molecule has 0 bridgehead atoms. The second-order valence-corrected chi connectivity index (χ2v) is 17.2. The first-order valence-corrected chi connectivity index (χ1v) is 23.1. The lowest BCUT2D eigenvalue weighted by atomic mass is 9.82. The van der Waals surface area contributed by atoms with E-state index in [2.05, 4.69) is 229 Å². The van der Waals surface area contributed by atoms with Gasteiger partial charge in [0.25, 0.3) is 0 Å². The summed E-state index contributed by atoms with van der Waals surface area (Å²) in [6.45, 7) is 15.3. The van der Waals surface area contributed by atoms with Crippen molar-refractivity contribution in [3.05, 3.63) is 216 Å². The summed E-state index contributed by atoms with van der Waals surface area (Å²) >= 11 is 0. The Morgan fingerprint density at radius 2 is 1.23 bits per heavy atom. The minimum absolute atomic E-state index is 0.388.